The van der Waals surface area contributed by atoms with E-state index < -0.39 is 17.1 Å². The zero-order valence-corrected chi connectivity index (χ0v) is 19.3. The Kier molecular flexibility index (Phi) is 5.80. The number of furan rings is 1. The molecule has 0 radical (unpaired) electrons. The quantitative estimate of drug-likeness (QED) is 0.344. The fourth-order valence-electron chi connectivity index (χ4n) is 3.58. The summed E-state index contributed by atoms with van der Waals surface area (Å²) < 4.78 is 21.3. The van der Waals surface area contributed by atoms with Crippen molar-refractivity contribution in [3.63, 3.8) is 0 Å². The van der Waals surface area contributed by atoms with Crippen LogP contribution < -0.4 is 9.47 Å². The smallest absolute Gasteiger partial charge is 0.338 e. The Hall–Kier alpha value is -3.69. The van der Waals surface area contributed by atoms with E-state index in [1.165, 1.54) is 13.2 Å². The number of rotatable bonds is 5. The average Bonchev–Trinajstić information content (AvgIpc) is 3.55. The minimum absolute atomic E-state index is 0.00656. The number of amides is 2. The fourth-order valence-corrected chi connectivity index (χ4v) is 4.61. The lowest BCUT2D eigenvalue weighted by Gasteiger charge is -2.14. The summed E-state index contributed by atoms with van der Waals surface area (Å²) in [5, 5.41) is -0.0555. The highest BCUT2D eigenvalue weighted by Crippen LogP contribution is 2.39. The van der Waals surface area contributed by atoms with Gasteiger partial charge in [-0.2, -0.15) is 0 Å². The molecule has 2 aliphatic heterocycles. The summed E-state index contributed by atoms with van der Waals surface area (Å²) in [4.78, 5) is 38.9. The molecule has 1 aromatic heterocycles. The van der Waals surface area contributed by atoms with Crippen molar-refractivity contribution in [3.8, 4) is 22.8 Å². The van der Waals surface area contributed by atoms with Crippen LogP contribution in [0.2, 0.25) is 5.02 Å². The minimum atomic E-state index is -0.489. The van der Waals surface area contributed by atoms with Gasteiger partial charge >= 0.3 is 5.97 Å². The molecule has 2 aliphatic rings. The zero-order chi connectivity index (χ0) is 23.8. The molecular weight excluding hydrogens is 482 g/mol. The van der Waals surface area contributed by atoms with Gasteiger partial charge in [-0.25, -0.2) is 4.79 Å². The van der Waals surface area contributed by atoms with Crippen molar-refractivity contribution in [2.75, 3.05) is 13.9 Å². The van der Waals surface area contributed by atoms with Gasteiger partial charge in [-0.1, -0.05) is 29.8 Å². The number of imide groups is 1. The van der Waals surface area contributed by atoms with Gasteiger partial charge in [-0.05, 0) is 41.6 Å². The predicted octanol–water partition coefficient (Wildman–Crippen LogP) is 5.35. The first-order chi connectivity index (χ1) is 16.4. The summed E-state index contributed by atoms with van der Waals surface area (Å²) >= 11 is 7.11. The summed E-state index contributed by atoms with van der Waals surface area (Å²) in [7, 11) is 1.31. The van der Waals surface area contributed by atoms with E-state index in [2.05, 4.69) is 0 Å². The normalized spacial score (nSPS) is 15.9. The van der Waals surface area contributed by atoms with Gasteiger partial charge in [0.05, 0.1) is 24.1 Å². The number of methoxy groups -OCH3 is 1. The summed E-state index contributed by atoms with van der Waals surface area (Å²) in [6, 6.07) is 13.5. The van der Waals surface area contributed by atoms with Crippen LogP contribution in [0.1, 0.15) is 21.7 Å². The molecule has 2 aromatic carbocycles. The molecule has 0 aliphatic carbocycles. The first kappa shape index (κ1) is 22.1. The Morgan fingerprint density at radius 3 is 2.71 bits per heavy atom. The number of halogens is 1. The molecule has 10 heteroatoms. The van der Waals surface area contributed by atoms with Crippen molar-refractivity contribution in [1.29, 1.82) is 0 Å². The van der Waals surface area contributed by atoms with Crippen molar-refractivity contribution in [2.45, 2.75) is 6.54 Å². The van der Waals surface area contributed by atoms with Gasteiger partial charge in [0, 0.05) is 22.7 Å². The van der Waals surface area contributed by atoms with Crippen LogP contribution in [0, 0.1) is 0 Å². The predicted molar refractivity (Wildman–Crippen MR) is 125 cm³/mol. The maximum absolute atomic E-state index is 12.9. The first-order valence-corrected chi connectivity index (χ1v) is 11.2. The lowest BCUT2D eigenvalue weighted by Crippen LogP contribution is -2.27. The highest BCUT2D eigenvalue weighted by molar-refractivity contribution is 8.18. The Labute approximate surface area is 203 Å². The van der Waals surface area contributed by atoms with Crippen LogP contribution in [0.3, 0.4) is 0 Å². The molecule has 3 heterocycles. The SMILES string of the molecule is COC(=O)c1ccccc1-c1ccc(/C=C2\SC(=O)N(Cc3cc4c(cc3Cl)OCO4)C2=O)o1. The Morgan fingerprint density at radius 2 is 1.91 bits per heavy atom. The molecule has 3 aromatic rings. The van der Waals surface area contributed by atoms with Gasteiger partial charge < -0.3 is 18.6 Å². The monoisotopic (exact) mass is 497 g/mol. The van der Waals surface area contributed by atoms with E-state index >= 15 is 0 Å². The second-order valence-corrected chi connectivity index (χ2v) is 8.70. The third-order valence-corrected chi connectivity index (χ3v) is 6.50. The molecule has 2 amide bonds. The maximum atomic E-state index is 12.9. The van der Waals surface area contributed by atoms with E-state index in [1.54, 1.807) is 48.5 Å². The fraction of sp³-hybridized carbons (Fsp3) is 0.125. The van der Waals surface area contributed by atoms with Crippen LogP contribution in [0.5, 0.6) is 11.5 Å². The number of carbonyl (C=O) groups excluding carboxylic acids is 3. The number of fused-ring (bicyclic) bond motifs is 1. The standard InChI is InChI=1S/C24H16ClNO7S/c1-30-23(28)16-5-3-2-4-15(16)18-7-6-14(33-18)9-21-22(27)26(24(29)34-21)11-13-8-19-20(10-17(13)25)32-12-31-19/h2-10H,11-12H2,1H3/b21-9-. The van der Waals surface area contributed by atoms with Gasteiger partial charge in [0.15, 0.2) is 11.5 Å². The van der Waals surface area contributed by atoms with Gasteiger partial charge in [0.1, 0.15) is 11.5 Å². The molecule has 1 fully saturated rings. The molecule has 0 saturated carbocycles. The van der Waals surface area contributed by atoms with Crippen LogP contribution in [-0.2, 0) is 16.1 Å². The molecule has 0 bridgehead atoms. The highest BCUT2D eigenvalue weighted by Gasteiger charge is 2.36. The minimum Gasteiger partial charge on any atom is -0.465 e. The number of thioether (sulfide) groups is 1. The number of hydrogen-bond donors (Lipinski definition) is 0. The number of hydrogen-bond acceptors (Lipinski definition) is 8. The van der Waals surface area contributed by atoms with Crippen molar-refractivity contribution < 1.29 is 33.0 Å². The molecule has 0 N–H and O–H groups in total. The van der Waals surface area contributed by atoms with E-state index in [0.717, 1.165) is 16.7 Å². The summed E-state index contributed by atoms with van der Waals surface area (Å²) in [5.74, 6) is 0.871. The largest absolute Gasteiger partial charge is 0.465 e. The lowest BCUT2D eigenvalue weighted by molar-refractivity contribution is -0.123. The highest BCUT2D eigenvalue weighted by atomic mass is 35.5. The molecule has 34 heavy (non-hydrogen) atoms. The third-order valence-electron chi connectivity index (χ3n) is 5.24. The number of ether oxygens (including phenoxy) is 3. The van der Waals surface area contributed by atoms with E-state index in [-0.39, 0.29) is 18.2 Å². The average molecular weight is 498 g/mol. The summed E-state index contributed by atoms with van der Waals surface area (Å²) in [6.07, 6.45) is 1.50. The van der Waals surface area contributed by atoms with Crippen LogP contribution in [0.25, 0.3) is 17.4 Å². The van der Waals surface area contributed by atoms with Gasteiger partial charge in [-0.15, -0.1) is 0 Å². The second-order valence-electron chi connectivity index (χ2n) is 7.30. The molecule has 1 saturated heterocycles. The second kappa shape index (κ2) is 8.92. The first-order valence-electron chi connectivity index (χ1n) is 10.1. The van der Waals surface area contributed by atoms with Crippen LogP contribution in [0.4, 0.5) is 4.79 Å². The maximum Gasteiger partial charge on any atom is 0.338 e. The van der Waals surface area contributed by atoms with Crippen LogP contribution in [0.15, 0.2) is 57.9 Å². The molecule has 0 atom stereocenters. The lowest BCUT2D eigenvalue weighted by atomic mass is 10.1. The molecule has 5 rings (SSSR count). The van der Waals surface area contributed by atoms with Crippen LogP contribution in [-0.4, -0.2) is 35.9 Å². The molecule has 0 spiro atoms. The Bertz CT molecular complexity index is 1360. The van der Waals surface area contributed by atoms with Gasteiger partial charge in [0.25, 0.3) is 11.1 Å². The molecule has 172 valence electrons. The molecule has 0 unspecified atom stereocenters. The Morgan fingerprint density at radius 1 is 1.15 bits per heavy atom. The Balaban J connectivity index is 1.38. The van der Waals surface area contributed by atoms with E-state index in [9.17, 15) is 14.4 Å². The van der Waals surface area contributed by atoms with E-state index in [1.807, 2.05) is 0 Å². The van der Waals surface area contributed by atoms with Gasteiger partial charge in [0.2, 0.25) is 6.79 Å². The van der Waals surface area contributed by atoms with Crippen molar-refractivity contribution in [3.05, 3.63) is 75.3 Å². The third kappa shape index (κ3) is 4.04. The van der Waals surface area contributed by atoms with Crippen molar-refractivity contribution >= 4 is 46.6 Å². The topological polar surface area (TPSA) is 95.3 Å². The van der Waals surface area contributed by atoms with Gasteiger partial charge in [-0.3, -0.25) is 14.5 Å². The zero-order valence-electron chi connectivity index (χ0n) is 17.7. The molecular formula is C24H16ClNO7S. The van der Waals surface area contributed by atoms with Crippen LogP contribution >= 0.6 is 23.4 Å². The van der Waals surface area contributed by atoms with E-state index in [0.29, 0.717) is 44.7 Å². The number of nitrogens with zero attached hydrogens (tertiary/aromatic N) is 1. The van der Waals surface area contributed by atoms with Crippen molar-refractivity contribution in [2.24, 2.45) is 0 Å². The molecule has 8 nitrogen and oxygen atoms in total. The van der Waals surface area contributed by atoms with Crippen molar-refractivity contribution in [1.82, 2.24) is 4.90 Å². The number of benzene rings is 2. The number of esters is 1. The summed E-state index contributed by atoms with van der Waals surface area (Å²) in [6.45, 7) is 0.0854. The number of carbonyl (C=O) groups is 3. The summed E-state index contributed by atoms with van der Waals surface area (Å²) in [5.41, 5.74) is 1.47. The van der Waals surface area contributed by atoms with E-state index in [4.69, 9.17) is 30.2 Å².